The van der Waals surface area contributed by atoms with Gasteiger partial charge >= 0.3 is 0 Å². The maximum absolute atomic E-state index is 12.5. The molecule has 2 aromatic heterocycles. The summed E-state index contributed by atoms with van der Waals surface area (Å²) in [7, 11) is 1.75. The van der Waals surface area contributed by atoms with Crippen molar-refractivity contribution in [3.05, 3.63) is 54.5 Å². The molecule has 2 heterocycles. The number of imidazole rings is 1. The fourth-order valence-electron chi connectivity index (χ4n) is 1.98. The van der Waals surface area contributed by atoms with Crippen molar-refractivity contribution in [2.45, 2.75) is 0 Å². The van der Waals surface area contributed by atoms with Crippen LogP contribution in [0, 0.1) is 0 Å². The van der Waals surface area contributed by atoms with E-state index in [9.17, 15) is 4.79 Å². The van der Waals surface area contributed by atoms with Gasteiger partial charge in [0.1, 0.15) is 0 Å². The number of pyridine rings is 1. The van der Waals surface area contributed by atoms with Crippen molar-refractivity contribution in [3.8, 4) is 0 Å². The van der Waals surface area contributed by atoms with Crippen LogP contribution in [-0.2, 0) is 0 Å². The Bertz CT molecular complexity index is 720. The van der Waals surface area contributed by atoms with Crippen LogP contribution in [-0.4, -0.2) is 27.9 Å². The maximum Gasteiger partial charge on any atom is 0.260 e. The van der Waals surface area contributed by atoms with Gasteiger partial charge in [0.25, 0.3) is 5.91 Å². The highest BCUT2D eigenvalue weighted by Gasteiger charge is 2.17. The Labute approximate surface area is 109 Å². The number of anilines is 1. The fraction of sp³-hybridized carbons (Fsp3) is 0.0714. The van der Waals surface area contributed by atoms with Crippen LogP contribution in [0.2, 0.25) is 0 Å². The molecule has 19 heavy (non-hydrogen) atoms. The number of carbonyl (C=O) groups excluding carboxylic acids is 1. The molecule has 0 radical (unpaired) electrons. The van der Waals surface area contributed by atoms with Crippen LogP contribution in [0.1, 0.15) is 10.4 Å². The van der Waals surface area contributed by atoms with Gasteiger partial charge in [0.2, 0.25) is 0 Å². The molecule has 5 heteroatoms. The summed E-state index contributed by atoms with van der Waals surface area (Å²) < 4.78 is 0. The van der Waals surface area contributed by atoms with Crippen molar-refractivity contribution in [1.82, 2.24) is 15.0 Å². The lowest BCUT2D eigenvalue weighted by molar-refractivity contribution is 0.0994. The summed E-state index contributed by atoms with van der Waals surface area (Å²) in [6.45, 7) is 0. The van der Waals surface area contributed by atoms with Gasteiger partial charge in [-0.05, 0) is 18.2 Å². The van der Waals surface area contributed by atoms with Gasteiger partial charge in [0, 0.05) is 18.9 Å². The largest absolute Gasteiger partial charge is 0.343 e. The van der Waals surface area contributed by atoms with Gasteiger partial charge < -0.3 is 9.88 Å². The van der Waals surface area contributed by atoms with Crippen molar-refractivity contribution in [1.29, 1.82) is 0 Å². The maximum atomic E-state index is 12.5. The molecule has 0 saturated heterocycles. The van der Waals surface area contributed by atoms with E-state index < -0.39 is 0 Å². The molecule has 1 N–H and O–H groups in total. The molecule has 3 rings (SSSR count). The molecule has 0 spiro atoms. The summed E-state index contributed by atoms with van der Waals surface area (Å²) in [4.78, 5) is 25.2. The van der Waals surface area contributed by atoms with Crippen molar-refractivity contribution >= 4 is 22.8 Å². The molecule has 0 aliphatic rings. The summed E-state index contributed by atoms with van der Waals surface area (Å²) >= 11 is 0. The minimum Gasteiger partial charge on any atom is -0.343 e. The third-order valence-corrected chi connectivity index (χ3v) is 3.01. The number of amides is 1. The third-order valence-electron chi connectivity index (χ3n) is 3.01. The van der Waals surface area contributed by atoms with E-state index in [1.165, 1.54) is 6.33 Å². The summed E-state index contributed by atoms with van der Waals surface area (Å²) in [6.07, 6.45) is 3.13. The van der Waals surface area contributed by atoms with E-state index in [1.807, 2.05) is 30.3 Å². The molecule has 5 nitrogen and oxygen atoms in total. The Morgan fingerprint density at radius 2 is 1.95 bits per heavy atom. The normalized spacial score (nSPS) is 10.6. The highest BCUT2D eigenvalue weighted by atomic mass is 16.2. The van der Waals surface area contributed by atoms with Gasteiger partial charge in [0.05, 0.1) is 17.4 Å². The topological polar surface area (TPSA) is 61.9 Å². The van der Waals surface area contributed by atoms with E-state index in [2.05, 4.69) is 15.0 Å². The van der Waals surface area contributed by atoms with E-state index in [1.54, 1.807) is 24.2 Å². The van der Waals surface area contributed by atoms with Crippen LogP contribution < -0.4 is 4.90 Å². The molecule has 0 aliphatic carbocycles. The number of rotatable bonds is 2. The zero-order valence-electron chi connectivity index (χ0n) is 10.4. The number of hydrogen-bond donors (Lipinski definition) is 1. The molecule has 1 aromatic carbocycles. The van der Waals surface area contributed by atoms with E-state index in [0.29, 0.717) is 16.7 Å². The average molecular weight is 252 g/mol. The number of nitrogens with one attached hydrogen (secondary N) is 1. The molecule has 0 fully saturated rings. The number of para-hydroxylation sites is 1. The van der Waals surface area contributed by atoms with Crippen molar-refractivity contribution in [2.75, 3.05) is 11.9 Å². The first-order valence-corrected chi connectivity index (χ1v) is 5.88. The van der Waals surface area contributed by atoms with Gasteiger partial charge in [-0.2, -0.15) is 0 Å². The summed E-state index contributed by atoms with van der Waals surface area (Å²) in [5.74, 6) is -0.0946. The summed E-state index contributed by atoms with van der Waals surface area (Å²) in [5.41, 5.74) is 2.62. The molecule has 94 valence electrons. The lowest BCUT2D eigenvalue weighted by Crippen LogP contribution is -2.26. The van der Waals surface area contributed by atoms with Crippen molar-refractivity contribution < 1.29 is 4.79 Å². The average Bonchev–Trinajstić information content (AvgIpc) is 2.95. The molecule has 0 atom stereocenters. The Morgan fingerprint density at radius 1 is 1.16 bits per heavy atom. The molecule has 1 amide bonds. The zero-order valence-corrected chi connectivity index (χ0v) is 10.4. The predicted octanol–water partition coefficient (Wildman–Crippen LogP) is 2.23. The number of fused-ring (bicyclic) bond motifs is 1. The molecular formula is C14H12N4O. The van der Waals surface area contributed by atoms with Crippen LogP contribution >= 0.6 is 0 Å². The highest BCUT2D eigenvalue weighted by molar-refractivity contribution is 6.11. The second-order valence-corrected chi connectivity index (χ2v) is 4.16. The minimum atomic E-state index is -0.0946. The highest BCUT2D eigenvalue weighted by Crippen LogP contribution is 2.18. The molecule has 0 unspecified atom stereocenters. The Hall–Kier alpha value is -2.69. The summed E-state index contributed by atoms with van der Waals surface area (Å²) in [5, 5.41) is 0. The summed E-state index contributed by atoms with van der Waals surface area (Å²) in [6, 6.07) is 11.2. The first-order valence-electron chi connectivity index (χ1n) is 5.88. The number of H-pyrrole nitrogens is 1. The number of aromatic nitrogens is 3. The van der Waals surface area contributed by atoms with Crippen LogP contribution in [0.5, 0.6) is 0 Å². The van der Waals surface area contributed by atoms with E-state index >= 15 is 0 Å². The lowest BCUT2D eigenvalue weighted by atomic mass is 10.2. The van der Waals surface area contributed by atoms with Crippen LogP contribution in [0.15, 0.2) is 48.9 Å². The van der Waals surface area contributed by atoms with Crippen LogP contribution in [0.4, 0.5) is 5.69 Å². The standard InChI is InChI=1S/C14H12N4O/c1-18(10-5-3-2-4-6-10)14(19)11-7-8-15-13-12(11)16-9-17-13/h2-9H,1H3,(H,15,16,17). The Morgan fingerprint density at radius 3 is 2.74 bits per heavy atom. The smallest absolute Gasteiger partial charge is 0.260 e. The van der Waals surface area contributed by atoms with Gasteiger partial charge in [-0.15, -0.1) is 0 Å². The Balaban J connectivity index is 2.02. The first kappa shape index (κ1) is 11.4. The van der Waals surface area contributed by atoms with E-state index in [-0.39, 0.29) is 5.91 Å². The molecular weight excluding hydrogens is 240 g/mol. The molecule has 0 aliphatic heterocycles. The second-order valence-electron chi connectivity index (χ2n) is 4.16. The van der Waals surface area contributed by atoms with Gasteiger partial charge in [-0.1, -0.05) is 18.2 Å². The monoisotopic (exact) mass is 252 g/mol. The fourth-order valence-corrected chi connectivity index (χ4v) is 1.98. The van der Waals surface area contributed by atoms with Crippen LogP contribution in [0.25, 0.3) is 11.2 Å². The van der Waals surface area contributed by atoms with E-state index in [4.69, 9.17) is 0 Å². The predicted molar refractivity (Wildman–Crippen MR) is 73.1 cm³/mol. The number of hydrogen-bond acceptors (Lipinski definition) is 3. The number of benzene rings is 1. The first-order chi connectivity index (χ1) is 9.27. The third kappa shape index (κ3) is 1.95. The van der Waals surface area contributed by atoms with Crippen molar-refractivity contribution in [2.24, 2.45) is 0 Å². The van der Waals surface area contributed by atoms with E-state index in [0.717, 1.165) is 5.69 Å². The quantitative estimate of drug-likeness (QED) is 0.760. The molecule has 0 bridgehead atoms. The zero-order chi connectivity index (χ0) is 13.2. The van der Waals surface area contributed by atoms with Crippen LogP contribution in [0.3, 0.4) is 0 Å². The van der Waals surface area contributed by atoms with Gasteiger partial charge in [-0.3, -0.25) is 4.79 Å². The molecule has 3 aromatic rings. The lowest BCUT2D eigenvalue weighted by Gasteiger charge is -2.17. The second kappa shape index (κ2) is 4.53. The minimum absolute atomic E-state index is 0.0946. The Kier molecular flexibility index (Phi) is 2.72. The number of nitrogens with zero attached hydrogens (tertiary/aromatic N) is 3. The number of aromatic amines is 1. The SMILES string of the molecule is CN(C(=O)c1ccnc2nc[nH]c12)c1ccccc1. The number of carbonyl (C=O) groups is 1. The molecule has 0 saturated carbocycles. The van der Waals surface area contributed by atoms with Crippen molar-refractivity contribution in [3.63, 3.8) is 0 Å². The van der Waals surface area contributed by atoms with Gasteiger partial charge in [0.15, 0.2) is 5.65 Å². The van der Waals surface area contributed by atoms with Gasteiger partial charge in [-0.25, -0.2) is 9.97 Å².